The Balaban J connectivity index is 1.77. The highest BCUT2D eigenvalue weighted by Gasteiger charge is 2.26. The van der Waals surface area contributed by atoms with Gasteiger partial charge in [-0.15, -0.1) is 0 Å². The number of halogens is 4. The number of rotatable bonds is 7. The van der Waals surface area contributed by atoms with Crippen molar-refractivity contribution in [1.29, 1.82) is 0 Å². The molecule has 0 saturated carbocycles. The quantitative estimate of drug-likeness (QED) is 0.129. The van der Waals surface area contributed by atoms with Gasteiger partial charge in [0.1, 0.15) is 17.1 Å². The summed E-state index contributed by atoms with van der Waals surface area (Å²) < 4.78 is 72.7. The average molecular weight is 486 g/mol. The van der Waals surface area contributed by atoms with Gasteiger partial charge in [-0.05, 0) is 54.4 Å². The first-order valence-electron chi connectivity index (χ1n) is 10.7. The fraction of sp³-hybridized carbons (Fsp3) is 0.222. The van der Waals surface area contributed by atoms with Crippen molar-refractivity contribution in [3.05, 3.63) is 88.5 Å². The van der Waals surface area contributed by atoms with Crippen molar-refractivity contribution in [3.8, 4) is 29.1 Å². The van der Waals surface area contributed by atoms with Crippen LogP contribution in [0.2, 0.25) is 0 Å². The van der Waals surface area contributed by atoms with Crippen LogP contribution in [0.15, 0.2) is 48.5 Å². The van der Waals surface area contributed by atoms with Crippen LogP contribution in [0, 0.1) is 41.0 Å². The number of ether oxygens (including phenoxy) is 3. The SMILES string of the molecule is CC[C@H](C)COc1c(F)c(F)c(C#Cc2ccc(C(=O)Oc3ccc(OC)cc3)cc2)c(F)c1F. The van der Waals surface area contributed by atoms with E-state index in [9.17, 15) is 22.4 Å². The van der Waals surface area contributed by atoms with Crippen LogP contribution < -0.4 is 14.2 Å². The lowest BCUT2D eigenvalue weighted by Crippen LogP contribution is -2.12. The Morgan fingerprint density at radius 2 is 1.43 bits per heavy atom. The van der Waals surface area contributed by atoms with Crippen molar-refractivity contribution in [2.24, 2.45) is 5.92 Å². The predicted octanol–water partition coefficient (Wildman–Crippen LogP) is 6.30. The van der Waals surface area contributed by atoms with Crippen LogP contribution in [-0.4, -0.2) is 19.7 Å². The fourth-order valence-corrected chi connectivity index (χ4v) is 2.83. The van der Waals surface area contributed by atoms with Crippen molar-refractivity contribution in [3.63, 3.8) is 0 Å². The molecule has 0 spiro atoms. The lowest BCUT2D eigenvalue weighted by Gasteiger charge is -2.13. The second-order valence-electron chi connectivity index (χ2n) is 7.68. The van der Waals surface area contributed by atoms with E-state index in [4.69, 9.17) is 14.2 Å². The normalized spacial score (nSPS) is 11.3. The Labute approximate surface area is 200 Å². The van der Waals surface area contributed by atoms with E-state index < -0.39 is 40.6 Å². The minimum Gasteiger partial charge on any atom is -0.497 e. The highest BCUT2D eigenvalue weighted by atomic mass is 19.2. The average Bonchev–Trinajstić information content (AvgIpc) is 2.88. The zero-order chi connectivity index (χ0) is 25.5. The highest BCUT2D eigenvalue weighted by Crippen LogP contribution is 2.30. The van der Waals surface area contributed by atoms with Crippen LogP contribution in [0.4, 0.5) is 17.6 Å². The molecular weight excluding hydrogens is 464 g/mol. The predicted molar refractivity (Wildman–Crippen MR) is 122 cm³/mol. The largest absolute Gasteiger partial charge is 0.497 e. The van der Waals surface area contributed by atoms with E-state index in [0.717, 1.165) is 0 Å². The zero-order valence-corrected chi connectivity index (χ0v) is 19.3. The summed E-state index contributed by atoms with van der Waals surface area (Å²) in [5, 5.41) is 0. The number of hydrogen-bond acceptors (Lipinski definition) is 4. The third kappa shape index (κ3) is 6.12. The molecule has 35 heavy (non-hydrogen) atoms. The zero-order valence-electron chi connectivity index (χ0n) is 19.3. The third-order valence-corrected chi connectivity index (χ3v) is 5.15. The molecule has 0 aliphatic rings. The Kier molecular flexibility index (Phi) is 8.37. The molecule has 1 atom stereocenters. The summed E-state index contributed by atoms with van der Waals surface area (Å²) in [5.41, 5.74) is -0.606. The molecule has 0 unspecified atom stereocenters. The molecular formula is C27H22F4O4. The highest BCUT2D eigenvalue weighted by molar-refractivity contribution is 5.91. The number of esters is 1. The fourth-order valence-electron chi connectivity index (χ4n) is 2.83. The minimum atomic E-state index is -1.65. The maximum atomic E-state index is 14.4. The molecule has 3 aromatic rings. The van der Waals surface area contributed by atoms with Crippen LogP contribution in [0.1, 0.15) is 41.8 Å². The lowest BCUT2D eigenvalue weighted by molar-refractivity contribution is 0.0734. The van der Waals surface area contributed by atoms with Crippen molar-refractivity contribution < 1.29 is 36.6 Å². The van der Waals surface area contributed by atoms with Crippen molar-refractivity contribution in [1.82, 2.24) is 0 Å². The maximum Gasteiger partial charge on any atom is 0.343 e. The summed E-state index contributed by atoms with van der Waals surface area (Å²) in [6.07, 6.45) is 0.662. The van der Waals surface area contributed by atoms with Gasteiger partial charge >= 0.3 is 5.97 Å². The second-order valence-corrected chi connectivity index (χ2v) is 7.68. The molecule has 0 N–H and O–H groups in total. The molecule has 3 aromatic carbocycles. The Morgan fingerprint density at radius 3 is 1.97 bits per heavy atom. The summed E-state index contributed by atoms with van der Waals surface area (Å²) >= 11 is 0. The molecule has 182 valence electrons. The minimum absolute atomic E-state index is 0.0594. The van der Waals surface area contributed by atoms with Crippen molar-refractivity contribution in [2.75, 3.05) is 13.7 Å². The smallest absolute Gasteiger partial charge is 0.343 e. The van der Waals surface area contributed by atoms with Crippen LogP contribution in [0.3, 0.4) is 0 Å². The summed E-state index contributed by atoms with van der Waals surface area (Å²) in [7, 11) is 1.51. The van der Waals surface area contributed by atoms with Crippen molar-refractivity contribution in [2.45, 2.75) is 20.3 Å². The summed E-state index contributed by atoms with van der Waals surface area (Å²) in [6, 6.07) is 12.0. The third-order valence-electron chi connectivity index (χ3n) is 5.15. The van der Waals surface area contributed by atoms with Gasteiger partial charge in [0.2, 0.25) is 11.6 Å². The standard InChI is InChI=1S/C27H22F4O4/c1-4-16(2)15-34-26-24(30)22(28)21(23(29)25(26)31)14-7-17-5-8-18(9-6-17)27(32)35-20-12-10-19(33-3)11-13-20/h5-6,8-13,16H,4,15H2,1-3H3/t16-/m0/s1. The molecule has 0 radical (unpaired) electrons. The van der Waals surface area contributed by atoms with E-state index in [-0.39, 0.29) is 23.7 Å². The second kappa shape index (κ2) is 11.4. The van der Waals surface area contributed by atoms with Gasteiger partial charge in [-0.2, -0.15) is 8.78 Å². The first-order chi connectivity index (χ1) is 16.7. The molecule has 0 aromatic heterocycles. The van der Waals surface area contributed by atoms with E-state index in [1.807, 2.05) is 6.92 Å². The first kappa shape index (κ1) is 25.6. The molecule has 8 heteroatoms. The van der Waals surface area contributed by atoms with E-state index in [1.54, 1.807) is 31.2 Å². The van der Waals surface area contributed by atoms with E-state index in [1.165, 1.54) is 31.4 Å². The van der Waals surface area contributed by atoms with Crippen LogP contribution in [0.5, 0.6) is 17.2 Å². The number of benzene rings is 3. The molecule has 0 heterocycles. The molecule has 0 aliphatic carbocycles. The van der Waals surface area contributed by atoms with Gasteiger partial charge in [0.25, 0.3) is 0 Å². The van der Waals surface area contributed by atoms with Gasteiger partial charge < -0.3 is 14.2 Å². The van der Waals surface area contributed by atoms with E-state index >= 15 is 0 Å². The lowest BCUT2D eigenvalue weighted by atomic mass is 10.1. The summed E-state index contributed by atoms with van der Waals surface area (Å²) in [6.45, 7) is 3.52. The molecule has 3 rings (SSSR count). The van der Waals surface area contributed by atoms with Gasteiger partial charge in [0, 0.05) is 5.56 Å². The van der Waals surface area contributed by atoms with Gasteiger partial charge in [-0.25, -0.2) is 13.6 Å². The van der Waals surface area contributed by atoms with Gasteiger partial charge in [-0.3, -0.25) is 0 Å². The topological polar surface area (TPSA) is 44.8 Å². The molecule has 0 aliphatic heterocycles. The number of hydrogen-bond donors (Lipinski definition) is 0. The van der Waals surface area contributed by atoms with Gasteiger partial charge in [0.15, 0.2) is 17.4 Å². The molecule has 4 nitrogen and oxygen atoms in total. The van der Waals surface area contributed by atoms with Crippen LogP contribution >= 0.6 is 0 Å². The van der Waals surface area contributed by atoms with Crippen LogP contribution in [-0.2, 0) is 0 Å². The molecule has 0 bridgehead atoms. The number of methoxy groups -OCH3 is 1. The molecule has 0 saturated heterocycles. The Hall–Kier alpha value is -3.99. The van der Waals surface area contributed by atoms with Gasteiger partial charge in [-0.1, -0.05) is 32.1 Å². The number of carbonyl (C=O) groups is 1. The summed E-state index contributed by atoms with van der Waals surface area (Å²) in [5.74, 6) is -2.91. The van der Waals surface area contributed by atoms with E-state index in [0.29, 0.717) is 17.9 Å². The maximum absolute atomic E-state index is 14.4. The van der Waals surface area contributed by atoms with Gasteiger partial charge in [0.05, 0.1) is 19.3 Å². The van der Waals surface area contributed by atoms with Crippen LogP contribution in [0.25, 0.3) is 0 Å². The number of carbonyl (C=O) groups excluding carboxylic acids is 1. The molecule has 0 amide bonds. The van der Waals surface area contributed by atoms with Crippen molar-refractivity contribution >= 4 is 5.97 Å². The molecule has 0 fully saturated rings. The first-order valence-corrected chi connectivity index (χ1v) is 10.7. The Bertz CT molecular complexity index is 1230. The Morgan fingerprint density at radius 1 is 0.857 bits per heavy atom. The van der Waals surface area contributed by atoms with E-state index in [2.05, 4.69) is 11.8 Å². The monoisotopic (exact) mass is 486 g/mol. The summed E-state index contributed by atoms with van der Waals surface area (Å²) in [4.78, 5) is 12.3.